The lowest BCUT2D eigenvalue weighted by Gasteiger charge is -2.22. The smallest absolute Gasteiger partial charge is 0.233 e. The molecule has 2 N–H and O–H groups in total. The Balaban J connectivity index is 1.49. The summed E-state index contributed by atoms with van der Waals surface area (Å²) in [6.45, 7) is 1.95. The van der Waals surface area contributed by atoms with Gasteiger partial charge in [-0.3, -0.25) is 0 Å². The lowest BCUT2D eigenvalue weighted by atomic mass is 10.1. The number of hydrogen-bond acceptors (Lipinski definition) is 7. The van der Waals surface area contributed by atoms with Crippen LogP contribution < -0.4 is 10.1 Å². The predicted molar refractivity (Wildman–Crippen MR) is 116 cm³/mol. The number of aromatic hydroxyl groups is 1. The van der Waals surface area contributed by atoms with Crippen molar-refractivity contribution in [2.45, 2.75) is 50.9 Å². The Morgan fingerprint density at radius 3 is 2.73 bits per heavy atom. The average molecular weight is 429 g/mol. The van der Waals surface area contributed by atoms with E-state index in [-0.39, 0.29) is 11.8 Å². The second-order valence-corrected chi connectivity index (χ2v) is 8.79. The first-order valence-electron chi connectivity index (χ1n) is 10.1. The third-order valence-corrected chi connectivity index (χ3v) is 6.41. The molecule has 1 aliphatic rings. The minimum absolute atomic E-state index is 0.117. The molecule has 4 rings (SSSR count). The number of thiazole rings is 1. The molecule has 1 saturated carbocycles. The molecule has 0 aliphatic heterocycles. The van der Waals surface area contributed by atoms with Crippen molar-refractivity contribution in [3.63, 3.8) is 0 Å². The normalized spacial score (nSPS) is 21.9. The van der Waals surface area contributed by atoms with Crippen LogP contribution in [-0.2, 0) is 0 Å². The molecule has 2 unspecified atom stereocenters. The largest absolute Gasteiger partial charge is 0.507 e. The van der Waals surface area contributed by atoms with Gasteiger partial charge < -0.3 is 15.2 Å². The molecule has 0 amide bonds. The molecular weight excluding hydrogens is 403 g/mol. The van der Waals surface area contributed by atoms with Crippen molar-refractivity contribution in [2.24, 2.45) is 0 Å². The van der Waals surface area contributed by atoms with Gasteiger partial charge >= 0.3 is 0 Å². The molecule has 2 heterocycles. The van der Waals surface area contributed by atoms with Gasteiger partial charge in [-0.2, -0.15) is 0 Å². The number of rotatable bonds is 5. The number of phenolic OH excluding ortho intramolecular Hbond substituents is 1. The van der Waals surface area contributed by atoms with E-state index in [9.17, 15) is 9.50 Å². The number of hydrogen-bond donors (Lipinski definition) is 2. The maximum Gasteiger partial charge on any atom is 0.233 e. The van der Waals surface area contributed by atoms with Crippen LogP contribution in [0.4, 0.5) is 4.39 Å². The van der Waals surface area contributed by atoms with Gasteiger partial charge in [0.05, 0.1) is 15.6 Å². The molecule has 30 heavy (non-hydrogen) atoms. The zero-order valence-corrected chi connectivity index (χ0v) is 17.8. The first kappa shape index (κ1) is 20.7. The van der Waals surface area contributed by atoms with E-state index in [2.05, 4.69) is 20.5 Å². The maximum absolute atomic E-state index is 14.4. The van der Waals surface area contributed by atoms with Crippen molar-refractivity contribution in [2.75, 3.05) is 7.05 Å². The molecule has 3 atom stereocenters. The summed E-state index contributed by atoms with van der Waals surface area (Å²) in [5, 5.41) is 23.0. The molecule has 6 nitrogen and oxygen atoms in total. The average Bonchev–Trinajstić information content (AvgIpc) is 3.10. The van der Waals surface area contributed by atoms with Crippen molar-refractivity contribution in [3.8, 4) is 33.3 Å². The molecule has 158 valence electrons. The SMILES string of the molecule is CNC1CCCC(F)[C@@H](Oc2ccc(-c3ccc(-c4cnc(C)s4)cc3O)nn2)C1. The molecule has 3 aromatic rings. The number of aryl methyl sites for hydroxylation is 1. The van der Waals surface area contributed by atoms with Crippen LogP contribution in [0.2, 0.25) is 0 Å². The van der Waals surface area contributed by atoms with Gasteiger partial charge in [0, 0.05) is 30.3 Å². The van der Waals surface area contributed by atoms with E-state index in [1.165, 1.54) is 0 Å². The van der Waals surface area contributed by atoms with Crippen LogP contribution in [-0.4, -0.2) is 45.7 Å². The maximum atomic E-state index is 14.4. The summed E-state index contributed by atoms with van der Waals surface area (Å²) in [4.78, 5) is 5.25. The molecule has 0 spiro atoms. The predicted octanol–water partition coefficient (Wildman–Crippen LogP) is 4.53. The van der Waals surface area contributed by atoms with E-state index < -0.39 is 12.3 Å². The molecule has 1 aliphatic carbocycles. The number of phenols is 1. The number of ether oxygens (including phenoxy) is 1. The van der Waals surface area contributed by atoms with Gasteiger partial charge in [0.15, 0.2) is 0 Å². The minimum Gasteiger partial charge on any atom is -0.507 e. The Kier molecular flexibility index (Phi) is 6.24. The lowest BCUT2D eigenvalue weighted by Crippen LogP contribution is -2.35. The second-order valence-electron chi connectivity index (χ2n) is 7.56. The van der Waals surface area contributed by atoms with Crippen LogP contribution in [0.1, 0.15) is 30.7 Å². The fraction of sp³-hybridized carbons (Fsp3) is 0.409. The number of aromatic nitrogens is 3. The highest BCUT2D eigenvalue weighted by Gasteiger charge is 2.29. The molecule has 2 aromatic heterocycles. The van der Waals surface area contributed by atoms with Crippen LogP contribution in [0.3, 0.4) is 0 Å². The molecular formula is C22H25FN4O2S. The van der Waals surface area contributed by atoms with E-state index in [0.717, 1.165) is 28.3 Å². The van der Waals surface area contributed by atoms with Gasteiger partial charge in [-0.15, -0.1) is 21.5 Å². The quantitative estimate of drug-likeness (QED) is 0.581. The van der Waals surface area contributed by atoms with Crippen LogP contribution in [0.5, 0.6) is 11.6 Å². The zero-order chi connectivity index (χ0) is 21.1. The van der Waals surface area contributed by atoms with Crippen LogP contribution >= 0.6 is 11.3 Å². The Hall–Kier alpha value is -2.58. The summed E-state index contributed by atoms with van der Waals surface area (Å²) in [6, 6.07) is 9.07. The van der Waals surface area contributed by atoms with Crippen LogP contribution in [0.25, 0.3) is 21.7 Å². The Labute approximate surface area is 179 Å². The highest BCUT2D eigenvalue weighted by atomic mass is 32.1. The summed E-state index contributed by atoms with van der Waals surface area (Å²) in [5.74, 6) is 0.408. The first-order chi connectivity index (χ1) is 14.5. The van der Waals surface area contributed by atoms with E-state index in [0.29, 0.717) is 30.0 Å². The van der Waals surface area contributed by atoms with E-state index in [4.69, 9.17) is 4.74 Å². The van der Waals surface area contributed by atoms with Crippen molar-refractivity contribution in [1.29, 1.82) is 0 Å². The summed E-state index contributed by atoms with van der Waals surface area (Å²) in [7, 11) is 1.89. The highest BCUT2D eigenvalue weighted by Crippen LogP contribution is 2.34. The van der Waals surface area contributed by atoms with Crippen molar-refractivity contribution in [1.82, 2.24) is 20.5 Å². The van der Waals surface area contributed by atoms with E-state index >= 15 is 0 Å². The van der Waals surface area contributed by atoms with Gasteiger partial charge in [-0.05, 0) is 57.0 Å². The fourth-order valence-corrected chi connectivity index (χ4v) is 4.53. The van der Waals surface area contributed by atoms with Crippen molar-refractivity contribution >= 4 is 11.3 Å². The van der Waals surface area contributed by atoms with Gasteiger partial charge in [0.2, 0.25) is 5.88 Å². The Bertz CT molecular complexity index is 995. The molecule has 0 bridgehead atoms. The number of benzene rings is 1. The van der Waals surface area contributed by atoms with Gasteiger partial charge in [0.25, 0.3) is 0 Å². The second kappa shape index (κ2) is 9.06. The summed E-state index contributed by atoms with van der Waals surface area (Å²) in [5.41, 5.74) is 2.00. The number of nitrogens with one attached hydrogen (secondary N) is 1. The summed E-state index contributed by atoms with van der Waals surface area (Å²) < 4.78 is 20.3. The van der Waals surface area contributed by atoms with Crippen molar-refractivity contribution in [3.05, 3.63) is 41.5 Å². The number of nitrogens with zero attached hydrogens (tertiary/aromatic N) is 3. The Morgan fingerprint density at radius 2 is 2.07 bits per heavy atom. The Morgan fingerprint density at radius 1 is 1.20 bits per heavy atom. The lowest BCUT2D eigenvalue weighted by molar-refractivity contribution is 0.0837. The molecule has 8 heteroatoms. The van der Waals surface area contributed by atoms with Crippen molar-refractivity contribution < 1.29 is 14.2 Å². The van der Waals surface area contributed by atoms with Crippen LogP contribution in [0, 0.1) is 6.92 Å². The summed E-state index contributed by atoms with van der Waals surface area (Å²) in [6.07, 6.45) is 3.11. The number of alkyl halides is 1. The molecule has 0 radical (unpaired) electrons. The topological polar surface area (TPSA) is 80.2 Å². The summed E-state index contributed by atoms with van der Waals surface area (Å²) >= 11 is 1.57. The third-order valence-electron chi connectivity index (χ3n) is 5.45. The number of halogens is 1. The molecule has 1 fully saturated rings. The van der Waals surface area contributed by atoms with Gasteiger partial charge in [-0.1, -0.05) is 6.07 Å². The van der Waals surface area contributed by atoms with E-state index in [1.54, 1.807) is 35.7 Å². The monoisotopic (exact) mass is 428 g/mol. The zero-order valence-electron chi connectivity index (χ0n) is 17.0. The van der Waals surface area contributed by atoms with Gasteiger partial charge in [0.1, 0.15) is 18.0 Å². The van der Waals surface area contributed by atoms with Crippen LogP contribution in [0.15, 0.2) is 36.5 Å². The molecule has 0 saturated heterocycles. The highest BCUT2D eigenvalue weighted by molar-refractivity contribution is 7.15. The third kappa shape index (κ3) is 4.60. The minimum atomic E-state index is -1.02. The van der Waals surface area contributed by atoms with E-state index in [1.807, 2.05) is 26.1 Å². The fourth-order valence-electron chi connectivity index (χ4n) is 3.75. The standard InChI is InChI=1S/C22H25FN4O2S/c1-13-25-12-21(30-13)14-6-7-16(19(28)10-14)18-8-9-22(27-26-18)29-20-11-15(24-2)4-3-5-17(20)23/h6-10,12,15,17,20,24,28H,3-5,11H2,1-2H3/t15?,17?,20-/m0/s1. The van der Waals surface area contributed by atoms with Gasteiger partial charge in [-0.25, -0.2) is 9.37 Å². The molecule has 1 aromatic carbocycles. The first-order valence-corrected chi connectivity index (χ1v) is 10.9.